The first-order valence-electron chi connectivity index (χ1n) is 8.77. The molecule has 2 amide bonds. The highest BCUT2D eigenvalue weighted by Gasteiger charge is 2.14. The van der Waals surface area contributed by atoms with Gasteiger partial charge in [-0.25, -0.2) is 0 Å². The maximum Gasteiger partial charge on any atom is 0.268 e. The van der Waals surface area contributed by atoms with Crippen LogP contribution >= 0.6 is 15.9 Å². The van der Waals surface area contributed by atoms with Gasteiger partial charge in [0.1, 0.15) is 5.70 Å². The maximum absolute atomic E-state index is 12.8. The fraction of sp³-hybridized carbons (Fsp3) is 0.0435. The molecule has 0 spiro atoms. The van der Waals surface area contributed by atoms with Crippen LogP contribution in [0.1, 0.15) is 21.5 Å². The van der Waals surface area contributed by atoms with Crippen molar-refractivity contribution in [3.8, 4) is 0 Å². The molecule has 28 heavy (non-hydrogen) atoms. The van der Waals surface area contributed by atoms with Gasteiger partial charge in [0.05, 0.1) is 0 Å². The van der Waals surface area contributed by atoms with Gasteiger partial charge in [-0.2, -0.15) is 0 Å². The van der Waals surface area contributed by atoms with Crippen molar-refractivity contribution < 1.29 is 9.59 Å². The van der Waals surface area contributed by atoms with E-state index in [0.717, 1.165) is 15.6 Å². The molecule has 0 aliphatic rings. The van der Waals surface area contributed by atoms with Gasteiger partial charge in [0.2, 0.25) is 0 Å². The van der Waals surface area contributed by atoms with Crippen LogP contribution in [0.25, 0.3) is 6.08 Å². The molecule has 0 bridgehead atoms. The van der Waals surface area contributed by atoms with Crippen LogP contribution in [0.4, 0.5) is 0 Å². The Labute approximate surface area is 172 Å². The molecule has 0 fully saturated rings. The number of hydrogen-bond donors (Lipinski definition) is 2. The maximum atomic E-state index is 12.8. The van der Waals surface area contributed by atoms with Gasteiger partial charge in [0.15, 0.2) is 0 Å². The predicted octanol–water partition coefficient (Wildman–Crippen LogP) is 4.54. The second-order valence-electron chi connectivity index (χ2n) is 6.10. The summed E-state index contributed by atoms with van der Waals surface area (Å²) < 4.78 is 0.941. The Morgan fingerprint density at radius 2 is 1.54 bits per heavy atom. The van der Waals surface area contributed by atoms with Crippen molar-refractivity contribution in [2.75, 3.05) is 0 Å². The smallest absolute Gasteiger partial charge is 0.268 e. The van der Waals surface area contributed by atoms with E-state index in [4.69, 9.17) is 0 Å². The topological polar surface area (TPSA) is 58.2 Å². The van der Waals surface area contributed by atoms with Crippen molar-refractivity contribution in [1.29, 1.82) is 0 Å². The largest absolute Gasteiger partial charge is 0.347 e. The van der Waals surface area contributed by atoms with Gasteiger partial charge in [-0.1, -0.05) is 76.6 Å². The molecule has 3 rings (SSSR count). The number of nitrogens with one attached hydrogen (secondary N) is 2. The van der Waals surface area contributed by atoms with Crippen LogP contribution < -0.4 is 10.6 Å². The summed E-state index contributed by atoms with van der Waals surface area (Å²) in [7, 11) is 0. The zero-order valence-corrected chi connectivity index (χ0v) is 16.6. The molecule has 0 unspecified atom stereocenters. The van der Waals surface area contributed by atoms with E-state index in [0.29, 0.717) is 12.1 Å². The Morgan fingerprint density at radius 1 is 0.857 bits per heavy atom. The summed E-state index contributed by atoms with van der Waals surface area (Å²) in [4.78, 5) is 25.3. The minimum absolute atomic E-state index is 0.190. The lowest BCUT2D eigenvalue weighted by Crippen LogP contribution is -2.34. The van der Waals surface area contributed by atoms with Gasteiger partial charge in [-0.15, -0.1) is 0 Å². The van der Waals surface area contributed by atoms with E-state index in [1.807, 2.05) is 60.7 Å². The van der Waals surface area contributed by atoms with Crippen molar-refractivity contribution >= 4 is 33.8 Å². The molecule has 0 aliphatic carbocycles. The lowest BCUT2D eigenvalue weighted by Gasteiger charge is -2.11. The fourth-order valence-electron chi connectivity index (χ4n) is 2.58. The molecule has 0 atom stereocenters. The van der Waals surface area contributed by atoms with Crippen LogP contribution in [0.5, 0.6) is 0 Å². The molecule has 3 aromatic rings. The summed E-state index contributed by atoms with van der Waals surface area (Å²) in [5.41, 5.74) is 2.45. The SMILES string of the molecule is O=C(NCc1cccc(Br)c1)/C(=C/c1ccccc1)NC(=O)c1ccccc1. The van der Waals surface area contributed by atoms with Gasteiger partial charge in [-0.3, -0.25) is 9.59 Å². The summed E-state index contributed by atoms with van der Waals surface area (Å²) >= 11 is 3.42. The first-order valence-corrected chi connectivity index (χ1v) is 9.57. The first-order chi connectivity index (χ1) is 13.6. The van der Waals surface area contributed by atoms with Gasteiger partial charge in [0.25, 0.3) is 11.8 Å². The fourth-order valence-corrected chi connectivity index (χ4v) is 3.03. The van der Waals surface area contributed by atoms with Crippen molar-refractivity contribution in [2.24, 2.45) is 0 Å². The lowest BCUT2D eigenvalue weighted by atomic mass is 10.1. The number of halogens is 1. The van der Waals surface area contributed by atoms with E-state index >= 15 is 0 Å². The van der Waals surface area contributed by atoms with E-state index in [1.54, 1.807) is 30.3 Å². The molecular formula is C23H19BrN2O2. The van der Waals surface area contributed by atoms with Crippen LogP contribution in [-0.4, -0.2) is 11.8 Å². The van der Waals surface area contributed by atoms with Crippen LogP contribution in [0.15, 0.2) is 95.1 Å². The predicted molar refractivity (Wildman–Crippen MR) is 114 cm³/mol. The van der Waals surface area contributed by atoms with E-state index in [2.05, 4.69) is 26.6 Å². The third kappa shape index (κ3) is 5.66. The van der Waals surface area contributed by atoms with Crippen molar-refractivity contribution in [3.63, 3.8) is 0 Å². The summed E-state index contributed by atoms with van der Waals surface area (Å²) in [6, 6.07) is 25.9. The molecule has 5 heteroatoms. The lowest BCUT2D eigenvalue weighted by molar-refractivity contribution is -0.117. The van der Waals surface area contributed by atoms with Gasteiger partial charge < -0.3 is 10.6 Å². The molecule has 3 aromatic carbocycles. The third-order valence-corrected chi connectivity index (χ3v) is 4.47. The second kappa shape index (κ2) is 9.67. The van der Waals surface area contributed by atoms with Gasteiger partial charge in [0, 0.05) is 16.6 Å². The minimum Gasteiger partial charge on any atom is -0.347 e. The molecule has 4 nitrogen and oxygen atoms in total. The summed E-state index contributed by atoms with van der Waals surface area (Å²) in [6.07, 6.45) is 1.66. The summed E-state index contributed by atoms with van der Waals surface area (Å²) in [6.45, 7) is 0.353. The van der Waals surface area contributed by atoms with E-state index in [1.165, 1.54) is 0 Å². The van der Waals surface area contributed by atoms with Gasteiger partial charge in [-0.05, 0) is 41.5 Å². The molecule has 0 saturated carbocycles. The number of carbonyl (C=O) groups is 2. The highest BCUT2D eigenvalue weighted by molar-refractivity contribution is 9.10. The molecule has 0 heterocycles. The van der Waals surface area contributed by atoms with Crippen molar-refractivity contribution in [3.05, 3.63) is 112 Å². The number of benzene rings is 3. The van der Waals surface area contributed by atoms with Crippen LogP contribution in [0, 0.1) is 0 Å². The zero-order valence-electron chi connectivity index (χ0n) is 15.1. The second-order valence-corrected chi connectivity index (χ2v) is 7.02. The zero-order chi connectivity index (χ0) is 19.8. The number of rotatable bonds is 6. The molecule has 2 N–H and O–H groups in total. The molecule has 0 saturated heterocycles. The molecular weight excluding hydrogens is 416 g/mol. The van der Waals surface area contributed by atoms with E-state index in [-0.39, 0.29) is 17.5 Å². The number of carbonyl (C=O) groups excluding carboxylic acids is 2. The highest BCUT2D eigenvalue weighted by Crippen LogP contribution is 2.12. The summed E-state index contributed by atoms with van der Waals surface area (Å²) in [5.74, 6) is -0.687. The first kappa shape index (κ1) is 19.6. The molecule has 140 valence electrons. The number of amides is 2. The standard InChI is InChI=1S/C23H19BrN2O2/c24-20-13-7-10-18(14-20)16-25-23(28)21(15-17-8-3-1-4-9-17)26-22(27)19-11-5-2-6-12-19/h1-15H,16H2,(H,25,28)(H,26,27)/b21-15-. The summed E-state index contributed by atoms with van der Waals surface area (Å²) in [5, 5.41) is 5.59. The van der Waals surface area contributed by atoms with Crippen LogP contribution in [0.2, 0.25) is 0 Å². The Morgan fingerprint density at radius 3 is 2.21 bits per heavy atom. The molecule has 0 aromatic heterocycles. The van der Waals surface area contributed by atoms with E-state index < -0.39 is 0 Å². The quantitative estimate of drug-likeness (QED) is 0.559. The molecule has 0 aliphatic heterocycles. The Kier molecular flexibility index (Phi) is 6.76. The average Bonchev–Trinajstić information content (AvgIpc) is 2.73. The van der Waals surface area contributed by atoms with E-state index in [9.17, 15) is 9.59 Å². The van der Waals surface area contributed by atoms with Crippen LogP contribution in [-0.2, 0) is 11.3 Å². The highest BCUT2D eigenvalue weighted by atomic mass is 79.9. The van der Waals surface area contributed by atoms with Crippen molar-refractivity contribution in [1.82, 2.24) is 10.6 Å². The van der Waals surface area contributed by atoms with Crippen LogP contribution in [0.3, 0.4) is 0 Å². The Balaban J connectivity index is 1.78. The Hall–Kier alpha value is -3.18. The number of hydrogen-bond acceptors (Lipinski definition) is 2. The minimum atomic E-state index is -0.354. The third-order valence-electron chi connectivity index (χ3n) is 3.98. The average molecular weight is 435 g/mol. The molecule has 0 radical (unpaired) electrons. The normalized spacial score (nSPS) is 11.0. The van der Waals surface area contributed by atoms with Crippen molar-refractivity contribution in [2.45, 2.75) is 6.54 Å². The monoisotopic (exact) mass is 434 g/mol. The van der Waals surface area contributed by atoms with Gasteiger partial charge >= 0.3 is 0 Å². The Bertz CT molecular complexity index is 986.